The van der Waals surface area contributed by atoms with Crippen LogP contribution in [0.5, 0.6) is 5.75 Å². The van der Waals surface area contributed by atoms with Crippen LogP contribution in [-0.2, 0) is 33.8 Å². The molecular formula is C30H33N3O5. The maximum atomic E-state index is 12.1. The number of ether oxygens (including phenoxy) is 3. The molecule has 2 heterocycles. The molecule has 0 saturated heterocycles. The average molecular weight is 516 g/mol. The Morgan fingerprint density at radius 3 is 2.63 bits per heavy atom. The number of para-hydroxylation sites is 1. The number of pyridine rings is 1. The Bertz CT molecular complexity index is 1420. The number of alkyl carbamates (subject to hydrolysis) is 1. The van der Waals surface area contributed by atoms with Gasteiger partial charge in [-0.1, -0.05) is 36.4 Å². The minimum atomic E-state index is -0.556. The van der Waals surface area contributed by atoms with Crippen molar-refractivity contribution in [2.24, 2.45) is 0 Å². The van der Waals surface area contributed by atoms with Crippen molar-refractivity contribution in [1.82, 2.24) is 14.7 Å². The monoisotopic (exact) mass is 515 g/mol. The lowest BCUT2D eigenvalue weighted by atomic mass is 10.0. The first-order chi connectivity index (χ1) is 18.2. The van der Waals surface area contributed by atoms with E-state index >= 15 is 0 Å². The summed E-state index contributed by atoms with van der Waals surface area (Å²) in [5.74, 6) is 0.356. The second kappa shape index (κ2) is 11.8. The molecule has 4 rings (SSSR count). The molecule has 8 heteroatoms. The second-order valence-corrected chi connectivity index (χ2v) is 9.85. The van der Waals surface area contributed by atoms with Gasteiger partial charge in [-0.25, -0.2) is 9.78 Å². The number of aromatic nitrogens is 2. The van der Waals surface area contributed by atoms with Crippen LogP contribution >= 0.6 is 0 Å². The molecule has 8 nitrogen and oxygen atoms in total. The van der Waals surface area contributed by atoms with Gasteiger partial charge in [0.1, 0.15) is 23.6 Å². The highest BCUT2D eigenvalue weighted by atomic mass is 16.6. The molecule has 198 valence electrons. The highest BCUT2D eigenvalue weighted by Gasteiger charge is 2.16. The van der Waals surface area contributed by atoms with Crippen LogP contribution in [0.25, 0.3) is 16.8 Å². The predicted molar refractivity (Wildman–Crippen MR) is 145 cm³/mol. The van der Waals surface area contributed by atoms with Gasteiger partial charge in [0.2, 0.25) is 0 Å². The Balaban J connectivity index is 1.53. The number of carbonyl (C=O) groups excluding carboxylic acids is 2. The molecule has 0 aliphatic heterocycles. The maximum absolute atomic E-state index is 12.1. The highest BCUT2D eigenvalue weighted by molar-refractivity contribution is 5.78. The van der Waals surface area contributed by atoms with Crippen LogP contribution in [0, 0.1) is 0 Å². The summed E-state index contributed by atoms with van der Waals surface area (Å²) in [5.41, 5.74) is 4.82. The molecular weight excluding hydrogens is 482 g/mol. The normalized spacial score (nSPS) is 11.3. The van der Waals surface area contributed by atoms with Gasteiger partial charge in [0.25, 0.3) is 0 Å². The number of amides is 1. The van der Waals surface area contributed by atoms with Gasteiger partial charge in [0.05, 0.1) is 13.0 Å². The summed E-state index contributed by atoms with van der Waals surface area (Å²) in [7, 11) is 0. The zero-order valence-electron chi connectivity index (χ0n) is 22.2. The Hall–Kier alpha value is -4.33. The van der Waals surface area contributed by atoms with Crippen LogP contribution in [0.1, 0.15) is 44.4 Å². The topological polar surface area (TPSA) is 91.2 Å². The van der Waals surface area contributed by atoms with Crippen molar-refractivity contribution in [1.29, 1.82) is 0 Å². The molecule has 4 aromatic rings. The third-order valence-corrected chi connectivity index (χ3v) is 5.62. The van der Waals surface area contributed by atoms with E-state index in [0.717, 1.165) is 33.5 Å². The Morgan fingerprint density at radius 1 is 1.03 bits per heavy atom. The van der Waals surface area contributed by atoms with E-state index in [9.17, 15) is 9.59 Å². The Morgan fingerprint density at radius 2 is 1.84 bits per heavy atom. The first kappa shape index (κ1) is 26.7. The predicted octanol–water partition coefficient (Wildman–Crippen LogP) is 5.71. The summed E-state index contributed by atoms with van der Waals surface area (Å²) >= 11 is 0. The Kier molecular flexibility index (Phi) is 8.31. The van der Waals surface area contributed by atoms with E-state index in [4.69, 9.17) is 14.2 Å². The summed E-state index contributed by atoms with van der Waals surface area (Å²) < 4.78 is 18.5. The standard InChI is InChI=1S/C30H33N3O5/c1-5-36-27(34)17-24-10-6-7-12-26(24)37-20-22-16-25(28-31-13-14-33(28)19-22)23-11-8-9-21(15-23)18-32-29(35)38-30(2,3)4/h6-16,19H,5,17-18,20H2,1-4H3,(H,32,35). The first-order valence-corrected chi connectivity index (χ1v) is 12.6. The van der Waals surface area contributed by atoms with Crippen LogP contribution in [0.3, 0.4) is 0 Å². The van der Waals surface area contributed by atoms with E-state index in [1.54, 1.807) is 13.1 Å². The summed E-state index contributed by atoms with van der Waals surface area (Å²) in [6.07, 6.45) is 5.32. The third-order valence-electron chi connectivity index (χ3n) is 5.62. The van der Waals surface area contributed by atoms with Gasteiger partial charge in [-0.15, -0.1) is 0 Å². The van der Waals surface area contributed by atoms with Crippen molar-refractivity contribution in [3.8, 4) is 16.9 Å². The summed E-state index contributed by atoms with van der Waals surface area (Å²) in [6.45, 7) is 8.27. The van der Waals surface area contributed by atoms with Gasteiger partial charge < -0.3 is 23.9 Å². The highest BCUT2D eigenvalue weighted by Crippen LogP contribution is 2.27. The lowest BCUT2D eigenvalue weighted by molar-refractivity contribution is -0.142. The number of esters is 1. The molecule has 38 heavy (non-hydrogen) atoms. The van der Waals surface area contributed by atoms with Crippen molar-refractivity contribution in [3.05, 3.63) is 89.9 Å². The summed E-state index contributed by atoms with van der Waals surface area (Å²) in [5, 5.41) is 2.81. The smallest absolute Gasteiger partial charge is 0.407 e. The van der Waals surface area contributed by atoms with Crippen molar-refractivity contribution in [3.63, 3.8) is 0 Å². The molecule has 0 saturated carbocycles. The van der Waals surface area contributed by atoms with E-state index in [1.165, 1.54) is 0 Å². The SMILES string of the molecule is CCOC(=O)Cc1ccccc1OCc1cc(-c2cccc(CNC(=O)OC(C)(C)C)c2)c2nccn2c1. The number of nitrogens with zero attached hydrogens (tertiary/aromatic N) is 2. The van der Waals surface area contributed by atoms with Gasteiger partial charge in [0.15, 0.2) is 0 Å². The lowest BCUT2D eigenvalue weighted by Crippen LogP contribution is -2.32. The first-order valence-electron chi connectivity index (χ1n) is 12.6. The minimum absolute atomic E-state index is 0.153. The van der Waals surface area contributed by atoms with Crippen molar-refractivity contribution >= 4 is 17.7 Å². The van der Waals surface area contributed by atoms with Crippen LogP contribution < -0.4 is 10.1 Å². The number of carbonyl (C=O) groups is 2. The lowest BCUT2D eigenvalue weighted by Gasteiger charge is -2.19. The Labute approximate surface area is 222 Å². The number of hydrogen-bond acceptors (Lipinski definition) is 6. The quantitative estimate of drug-likeness (QED) is 0.287. The van der Waals surface area contributed by atoms with Crippen molar-refractivity contribution < 1.29 is 23.8 Å². The largest absolute Gasteiger partial charge is 0.489 e. The fraction of sp³-hybridized carbons (Fsp3) is 0.300. The van der Waals surface area contributed by atoms with Crippen LogP contribution in [0.15, 0.2) is 73.2 Å². The van der Waals surface area contributed by atoms with Crippen molar-refractivity contribution in [2.45, 2.75) is 52.9 Å². The molecule has 1 N–H and O–H groups in total. The van der Waals surface area contributed by atoms with E-state index < -0.39 is 11.7 Å². The summed E-state index contributed by atoms with van der Waals surface area (Å²) in [6, 6.07) is 17.5. The summed E-state index contributed by atoms with van der Waals surface area (Å²) in [4.78, 5) is 28.6. The molecule has 0 atom stereocenters. The minimum Gasteiger partial charge on any atom is -0.489 e. The van der Waals surface area contributed by atoms with E-state index in [2.05, 4.69) is 16.4 Å². The van der Waals surface area contributed by atoms with Crippen LogP contribution in [0.4, 0.5) is 4.79 Å². The zero-order valence-corrected chi connectivity index (χ0v) is 22.2. The number of hydrogen-bond donors (Lipinski definition) is 1. The molecule has 0 radical (unpaired) electrons. The van der Waals surface area contributed by atoms with E-state index in [0.29, 0.717) is 25.5 Å². The van der Waals surface area contributed by atoms with Gasteiger partial charge in [-0.05, 0) is 57.0 Å². The van der Waals surface area contributed by atoms with Gasteiger partial charge in [0, 0.05) is 41.8 Å². The average Bonchev–Trinajstić information content (AvgIpc) is 3.34. The molecule has 0 aliphatic carbocycles. The number of rotatable bonds is 9. The second-order valence-electron chi connectivity index (χ2n) is 9.85. The third kappa shape index (κ3) is 7.12. The molecule has 0 aliphatic rings. The molecule has 2 aromatic carbocycles. The number of benzene rings is 2. The van der Waals surface area contributed by atoms with Crippen LogP contribution in [0.2, 0.25) is 0 Å². The number of nitrogens with one attached hydrogen (secondary N) is 1. The molecule has 0 spiro atoms. The van der Waals surface area contributed by atoms with Crippen LogP contribution in [-0.4, -0.2) is 33.7 Å². The number of imidazole rings is 1. The van der Waals surface area contributed by atoms with Gasteiger partial charge >= 0.3 is 12.1 Å². The fourth-order valence-electron chi connectivity index (χ4n) is 4.04. The molecule has 0 bridgehead atoms. The molecule has 0 fully saturated rings. The van der Waals surface area contributed by atoms with E-state index in [1.807, 2.05) is 86.1 Å². The zero-order chi connectivity index (χ0) is 27.1. The fourth-order valence-corrected chi connectivity index (χ4v) is 4.04. The van der Waals surface area contributed by atoms with Gasteiger partial charge in [-0.2, -0.15) is 0 Å². The van der Waals surface area contributed by atoms with Gasteiger partial charge in [-0.3, -0.25) is 4.79 Å². The van der Waals surface area contributed by atoms with Crippen molar-refractivity contribution in [2.75, 3.05) is 6.61 Å². The maximum Gasteiger partial charge on any atom is 0.407 e. The number of fused-ring (bicyclic) bond motifs is 1. The molecule has 1 amide bonds. The molecule has 0 unspecified atom stereocenters. The molecule has 2 aromatic heterocycles. The van der Waals surface area contributed by atoms with E-state index in [-0.39, 0.29) is 12.4 Å².